The maximum atomic E-state index is 5.89. The minimum absolute atomic E-state index is 0.472. The fraction of sp³-hybridized carbons (Fsp3) is 0.409. The molecule has 1 aromatic carbocycles. The average Bonchev–Trinajstić information content (AvgIpc) is 3.38. The summed E-state index contributed by atoms with van der Waals surface area (Å²) >= 11 is 1.82. The van der Waals surface area contributed by atoms with Crippen LogP contribution in [0, 0.1) is 0 Å². The van der Waals surface area contributed by atoms with Crippen LogP contribution >= 0.6 is 11.3 Å². The Labute approximate surface area is 170 Å². The zero-order chi connectivity index (χ0) is 19.2. The average molecular weight is 397 g/mol. The van der Waals surface area contributed by atoms with Crippen molar-refractivity contribution in [1.82, 2.24) is 10.6 Å². The summed E-state index contributed by atoms with van der Waals surface area (Å²) in [4.78, 5) is 7.25. The van der Waals surface area contributed by atoms with Crippen LogP contribution in [0.15, 0.2) is 57.3 Å². The Morgan fingerprint density at radius 2 is 2.07 bits per heavy atom. The van der Waals surface area contributed by atoms with Gasteiger partial charge in [0.15, 0.2) is 5.96 Å². The summed E-state index contributed by atoms with van der Waals surface area (Å²) < 4.78 is 5.89. The molecule has 3 heterocycles. The molecule has 0 unspecified atom stereocenters. The number of rotatable bonds is 6. The number of piperidine rings is 1. The minimum Gasteiger partial charge on any atom is -0.461 e. The van der Waals surface area contributed by atoms with Crippen molar-refractivity contribution in [1.29, 1.82) is 0 Å². The van der Waals surface area contributed by atoms with E-state index in [4.69, 9.17) is 9.41 Å². The van der Waals surface area contributed by atoms with Gasteiger partial charge in [-0.25, -0.2) is 0 Å². The van der Waals surface area contributed by atoms with Crippen LogP contribution in [0.25, 0.3) is 11.0 Å². The van der Waals surface area contributed by atoms with E-state index in [9.17, 15) is 0 Å². The van der Waals surface area contributed by atoms with Crippen molar-refractivity contribution >= 4 is 33.3 Å². The normalized spacial score (nSPS) is 15.9. The van der Waals surface area contributed by atoms with Crippen LogP contribution in [0.4, 0.5) is 5.00 Å². The van der Waals surface area contributed by atoms with Crippen LogP contribution in [0.1, 0.15) is 25.5 Å². The van der Waals surface area contributed by atoms with E-state index in [0.29, 0.717) is 12.6 Å². The van der Waals surface area contributed by atoms with Gasteiger partial charge in [-0.2, -0.15) is 0 Å². The van der Waals surface area contributed by atoms with Crippen molar-refractivity contribution < 1.29 is 4.42 Å². The molecule has 2 aromatic heterocycles. The highest BCUT2D eigenvalue weighted by atomic mass is 32.1. The number of hydrogen-bond donors (Lipinski definition) is 2. The van der Waals surface area contributed by atoms with Gasteiger partial charge >= 0.3 is 0 Å². The van der Waals surface area contributed by atoms with Crippen LogP contribution < -0.4 is 15.5 Å². The molecule has 5 nitrogen and oxygen atoms in total. The molecule has 1 saturated heterocycles. The van der Waals surface area contributed by atoms with E-state index in [-0.39, 0.29) is 0 Å². The Balaban J connectivity index is 1.29. The van der Waals surface area contributed by atoms with Gasteiger partial charge in [-0.3, -0.25) is 4.99 Å². The van der Waals surface area contributed by atoms with Gasteiger partial charge in [0.25, 0.3) is 0 Å². The van der Waals surface area contributed by atoms with E-state index in [1.165, 1.54) is 5.00 Å². The van der Waals surface area contributed by atoms with E-state index in [1.54, 1.807) is 0 Å². The standard InChI is InChI=1S/C22H28N4OS/c1-2-23-22(24-12-9-19-16-17-6-3-4-7-20(17)27-19)25-18-10-13-26(14-11-18)21-8-5-15-28-21/h3-8,15-16,18H,2,9-14H2,1H3,(H2,23,24,25). The van der Waals surface area contributed by atoms with Gasteiger partial charge in [0.2, 0.25) is 0 Å². The number of furan rings is 1. The van der Waals surface area contributed by atoms with Crippen molar-refractivity contribution in [3.8, 4) is 0 Å². The molecule has 0 spiro atoms. The first-order valence-electron chi connectivity index (χ1n) is 10.1. The van der Waals surface area contributed by atoms with Gasteiger partial charge in [-0.05, 0) is 49.4 Å². The lowest BCUT2D eigenvalue weighted by Crippen LogP contribution is -2.48. The van der Waals surface area contributed by atoms with E-state index >= 15 is 0 Å². The smallest absolute Gasteiger partial charge is 0.191 e. The quantitative estimate of drug-likeness (QED) is 0.483. The molecule has 1 fully saturated rings. The van der Waals surface area contributed by atoms with Crippen LogP contribution in [0.3, 0.4) is 0 Å². The number of nitrogens with zero attached hydrogens (tertiary/aromatic N) is 2. The second-order valence-electron chi connectivity index (χ2n) is 7.12. The number of guanidine groups is 1. The molecule has 1 aliphatic rings. The molecule has 0 amide bonds. The fourth-order valence-corrected chi connectivity index (χ4v) is 4.43. The SMILES string of the molecule is CCNC(=NCCc1cc2ccccc2o1)NC1CCN(c2cccs2)CC1. The Hall–Kier alpha value is -2.47. The van der Waals surface area contributed by atoms with Crippen molar-refractivity contribution in [3.05, 3.63) is 53.6 Å². The third kappa shape index (κ3) is 4.68. The number of anilines is 1. The molecular formula is C22H28N4OS. The van der Waals surface area contributed by atoms with Crippen LogP contribution in [-0.4, -0.2) is 38.2 Å². The van der Waals surface area contributed by atoms with Gasteiger partial charge in [-0.1, -0.05) is 18.2 Å². The zero-order valence-electron chi connectivity index (χ0n) is 16.4. The largest absolute Gasteiger partial charge is 0.461 e. The summed E-state index contributed by atoms with van der Waals surface area (Å²) in [6.07, 6.45) is 3.07. The number of fused-ring (bicyclic) bond motifs is 1. The molecule has 0 bridgehead atoms. The van der Waals surface area contributed by atoms with Gasteiger partial charge in [-0.15, -0.1) is 11.3 Å². The molecule has 1 aliphatic heterocycles. The topological polar surface area (TPSA) is 52.8 Å². The predicted octanol–water partition coefficient (Wildman–Crippen LogP) is 4.26. The highest BCUT2D eigenvalue weighted by Gasteiger charge is 2.20. The first-order valence-corrected chi connectivity index (χ1v) is 11.0. The lowest BCUT2D eigenvalue weighted by atomic mass is 10.1. The highest BCUT2D eigenvalue weighted by molar-refractivity contribution is 7.14. The van der Waals surface area contributed by atoms with Gasteiger partial charge < -0.3 is 20.0 Å². The molecule has 0 atom stereocenters. The van der Waals surface area contributed by atoms with Crippen LogP contribution in [-0.2, 0) is 6.42 Å². The lowest BCUT2D eigenvalue weighted by Gasteiger charge is -2.33. The lowest BCUT2D eigenvalue weighted by molar-refractivity contribution is 0.462. The molecule has 6 heteroatoms. The maximum absolute atomic E-state index is 5.89. The number of hydrogen-bond acceptors (Lipinski definition) is 4. The Bertz CT molecular complexity index is 861. The molecule has 2 N–H and O–H groups in total. The molecule has 0 saturated carbocycles. The molecule has 0 aliphatic carbocycles. The van der Waals surface area contributed by atoms with E-state index in [1.807, 2.05) is 29.5 Å². The number of nitrogens with one attached hydrogen (secondary N) is 2. The summed E-state index contributed by atoms with van der Waals surface area (Å²) in [7, 11) is 0. The van der Waals surface area contributed by atoms with Crippen molar-refractivity contribution in [2.24, 2.45) is 4.99 Å². The van der Waals surface area contributed by atoms with E-state index in [2.05, 4.69) is 52.1 Å². The molecule has 0 radical (unpaired) electrons. The number of thiophene rings is 1. The summed E-state index contributed by atoms with van der Waals surface area (Å²) in [5.41, 5.74) is 0.948. The fourth-order valence-electron chi connectivity index (χ4n) is 3.65. The minimum atomic E-state index is 0.472. The molecule has 4 rings (SSSR count). The maximum Gasteiger partial charge on any atom is 0.191 e. The van der Waals surface area contributed by atoms with Crippen molar-refractivity contribution in [2.75, 3.05) is 31.1 Å². The summed E-state index contributed by atoms with van der Waals surface area (Å²) in [6, 6.07) is 15.1. The molecular weight excluding hydrogens is 368 g/mol. The van der Waals surface area contributed by atoms with Crippen molar-refractivity contribution in [2.45, 2.75) is 32.2 Å². The van der Waals surface area contributed by atoms with E-state index < -0.39 is 0 Å². The number of para-hydroxylation sites is 1. The first kappa shape index (κ1) is 18.9. The zero-order valence-corrected chi connectivity index (χ0v) is 17.2. The summed E-state index contributed by atoms with van der Waals surface area (Å²) in [5, 5.41) is 11.7. The molecule has 28 heavy (non-hydrogen) atoms. The van der Waals surface area contributed by atoms with Gasteiger partial charge in [0.1, 0.15) is 11.3 Å². The Morgan fingerprint density at radius 1 is 1.21 bits per heavy atom. The number of benzene rings is 1. The van der Waals surface area contributed by atoms with Crippen LogP contribution in [0.2, 0.25) is 0 Å². The molecule has 3 aromatic rings. The second kappa shape index (κ2) is 9.15. The second-order valence-corrected chi connectivity index (χ2v) is 8.04. The van der Waals surface area contributed by atoms with Crippen molar-refractivity contribution in [3.63, 3.8) is 0 Å². The number of aliphatic imine (C=N–C) groups is 1. The van der Waals surface area contributed by atoms with E-state index in [0.717, 1.165) is 61.6 Å². The van der Waals surface area contributed by atoms with Crippen LogP contribution in [0.5, 0.6) is 0 Å². The monoisotopic (exact) mass is 396 g/mol. The first-order chi connectivity index (χ1) is 13.8. The Kier molecular flexibility index (Phi) is 6.17. The van der Waals surface area contributed by atoms with Gasteiger partial charge in [0.05, 0.1) is 5.00 Å². The van der Waals surface area contributed by atoms with Gasteiger partial charge in [0, 0.05) is 44.0 Å². The Morgan fingerprint density at radius 3 is 2.82 bits per heavy atom. The summed E-state index contributed by atoms with van der Waals surface area (Å²) in [5.74, 6) is 1.90. The molecule has 148 valence electrons. The third-order valence-corrected chi connectivity index (χ3v) is 6.03. The summed E-state index contributed by atoms with van der Waals surface area (Å²) in [6.45, 7) is 5.87. The highest BCUT2D eigenvalue weighted by Crippen LogP contribution is 2.24. The predicted molar refractivity (Wildman–Crippen MR) is 119 cm³/mol. The third-order valence-electron chi connectivity index (χ3n) is 5.10.